The first-order valence-electron chi connectivity index (χ1n) is 10.1. The van der Waals surface area contributed by atoms with Crippen molar-refractivity contribution in [3.63, 3.8) is 0 Å². The molecule has 1 aromatic rings. The smallest absolute Gasteiger partial charge is 0.223 e. The number of hydrogen-bond acceptors (Lipinski definition) is 3. The van der Waals surface area contributed by atoms with Gasteiger partial charge in [0.05, 0.1) is 7.11 Å². The van der Waals surface area contributed by atoms with Gasteiger partial charge >= 0.3 is 0 Å². The molecule has 1 heterocycles. The molecule has 1 aliphatic rings. The molecule has 0 saturated carbocycles. The Morgan fingerprint density at radius 1 is 1.31 bits per heavy atom. The SMILES string of the molecule is COc1ccccc1CN(CCCN1CCCCC1C)C(=O)CC(C)C. The van der Waals surface area contributed by atoms with E-state index >= 15 is 0 Å². The van der Waals surface area contributed by atoms with Gasteiger partial charge in [-0.2, -0.15) is 0 Å². The Bertz CT molecular complexity index is 559. The van der Waals surface area contributed by atoms with Crippen LogP contribution in [-0.4, -0.2) is 48.5 Å². The van der Waals surface area contributed by atoms with Crippen LogP contribution in [0.5, 0.6) is 5.75 Å². The van der Waals surface area contributed by atoms with E-state index in [2.05, 4.69) is 31.7 Å². The van der Waals surface area contributed by atoms with Gasteiger partial charge in [-0.05, 0) is 44.7 Å². The van der Waals surface area contributed by atoms with Gasteiger partial charge in [-0.25, -0.2) is 0 Å². The number of likely N-dealkylation sites (tertiary alicyclic amines) is 1. The first-order valence-corrected chi connectivity index (χ1v) is 10.1. The van der Waals surface area contributed by atoms with E-state index in [4.69, 9.17) is 4.74 Å². The second kappa shape index (κ2) is 10.6. The highest BCUT2D eigenvalue weighted by Gasteiger charge is 2.20. The number of nitrogens with zero attached hydrogens (tertiary/aromatic N) is 2. The molecule has 1 fully saturated rings. The Kier molecular flexibility index (Phi) is 8.43. The molecule has 1 aliphatic heterocycles. The van der Waals surface area contributed by atoms with Crippen LogP contribution < -0.4 is 4.74 Å². The van der Waals surface area contributed by atoms with Gasteiger partial charge in [0.2, 0.25) is 5.91 Å². The van der Waals surface area contributed by atoms with Gasteiger partial charge in [0.15, 0.2) is 0 Å². The third kappa shape index (κ3) is 6.31. The lowest BCUT2D eigenvalue weighted by Gasteiger charge is -2.34. The summed E-state index contributed by atoms with van der Waals surface area (Å²) in [6.07, 6.45) is 5.60. The lowest BCUT2D eigenvalue weighted by molar-refractivity contribution is -0.132. The van der Waals surface area contributed by atoms with Crippen molar-refractivity contribution < 1.29 is 9.53 Å². The van der Waals surface area contributed by atoms with Crippen molar-refractivity contribution in [1.29, 1.82) is 0 Å². The molecular weight excluding hydrogens is 324 g/mol. The Balaban J connectivity index is 1.97. The molecule has 0 aliphatic carbocycles. The number of rotatable bonds is 9. The molecule has 1 aromatic carbocycles. The number of hydrogen-bond donors (Lipinski definition) is 0. The summed E-state index contributed by atoms with van der Waals surface area (Å²) in [6, 6.07) is 8.69. The molecule has 0 spiro atoms. The standard InChI is InChI=1S/C22H36N2O2/c1-18(2)16-22(25)24(17-20-11-5-6-12-21(20)26-4)15-9-14-23-13-8-7-10-19(23)3/h5-6,11-12,18-19H,7-10,13-17H2,1-4H3. The normalized spacial score (nSPS) is 18.1. The Labute approximate surface area is 159 Å². The zero-order valence-electron chi connectivity index (χ0n) is 17.0. The largest absolute Gasteiger partial charge is 0.496 e. The summed E-state index contributed by atoms with van der Waals surface area (Å²) in [5.41, 5.74) is 1.08. The van der Waals surface area contributed by atoms with Crippen LogP contribution in [0.2, 0.25) is 0 Å². The highest BCUT2D eigenvalue weighted by Crippen LogP contribution is 2.21. The van der Waals surface area contributed by atoms with Gasteiger partial charge in [-0.1, -0.05) is 38.5 Å². The fourth-order valence-electron chi connectivity index (χ4n) is 3.76. The van der Waals surface area contributed by atoms with E-state index in [1.165, 1.54) is 25.8 Å². The molecule has 0 bridgehead atoms. The van der Waals surface area contributed by atoms with Crippen LogP contribution >= 0.6 is 0 Å². The molecule has 1 unspecified atom stereocenters. The zero-order chi connectivity index (χ0) is 18.9. The summed E-state index contributed by atoms with van der Waals surface area (Å²) in [4.78, 5) is 17.4. The van der Waals surface area contributed by atoms with Crippen molar-refractivity contribution in [2.24, 2.45) is 5.92 Å². The summed E-state index contributed by atoms with van der Waals surface area (Å²) in [6.45, 7) is 10.3. The Morgan fingerprint density at radius 3 is 2.77 bits per heavy atom. The van der Waals surface area contributed by atoms with Gasteiger partial charge in [0, 0.05) is 37.7 Å². The maximum absolute atomic E-state index is 12.8. The average Bonchev–Trinajstić information content (AvgIpc) is 2.62. The number of carbonyl (C=O) groups is 1. The van der Waals surface area contributed by atoms with Crippen LogP contribution in [0.25, 0.3) is 0 Å². The number of piperidine rings is 1. The molecule has 26 heavy (non-hydrogen) atoms. The highest BCUT2D eigenvalue weighted by molar-refractivity contribution is 5.76. The Hall–Kier alpha value is -1.55. The zero-order valence-corrected chi connectivity index (χ0v) is 17.0. The number of para-hydroxylation sites is 1. The van der Waals surface area contributed by atoms with Gasteiger partial charge in [0.25, 0.3) is 0 Å². The topological polar surface area (TPSA) is 32.8 Å². The minimum absolute atomic E-state index is 0.248. The van der Waals surface area contributed by atoms with Gasteiger partial charge in [0.1, 0.15) is 5.75 Å². The third-order valence-corrected chi connectivity index (χ3v) is 5.30. The quantitative estimate of drug-likeness (QED) is 0.657. The molecule has 4 nitrogen and oxygen atoms in total. The lowest BCUT2D eigenvalue weighted by atomic mass is 10.0. The van der Waals surface area contributed by atoms with Gasteiger partial charge < -0.3 is 14.5 Å². The van der Waals surface area contributed by atoms with Crippen LogP contribution in [0.1, 0.15) is 58.4 Å². The number of ether oxygens (including phenoxy) is 1. The first-order chi connectivity index (χ1) is 12.5. The molecule has 2 rings (SSSR count). The first kappa shape index (κ1) is 20.8. The molecule has 146 valence electrons. The molecule has 1 atom stereocenters. The maximum atomic E-state index is 12.8. The molecule has 0 N–H and O–H groups in total. The van der Waals surface area contributed by atoms with E-state index in [1.807, 2.05) is 23.1 Å². The minimum atomic E-state index is 0.248. The van der Waals surface area contributed by atoms with E-state index in [9.17, 15) is 4.79 Å². The number of carbonyl (C=O) groups excluding carboxylic acids is 1. The predicted molar refractivity (Wildman–Crippen MR) is 107 cm³/mol. The molecular formula is C22H36N2O2. The van der Waals surface area contributed by atoms with E-state index in [0.29, 0.717) is 24.9 Å². The highest BCUT2D eigenvalue weighted by atomic mass is 16.5. The fourth-order valence-corrected chi connectivity index (χ4v) is 3.76. The monoisotopic (exact) mass is 360 g/mol. The number of methoxy groups -OCH3 is 1. The van der Waals surface area contributed by atoms with Gasteiger partial charge in [-0.15, -0.1) is 0 Å². The molecule has 4 heteroatoms. The van der Waals surface area contributed by atoms with Crippen LogP contribution in [-0.2, 0) is 11.3 Å². The van der Waals surface area contributed by atoms with Crippen molar-refractivity contribution in [3.05, 3.63) is 29.8 Å². The van der Waals surface area contributed by atoms with Crippen LogP contribution in [0, 0.1) is 5.92 Å². The van der Waals surface area contributed by atoms with Crippen molar-refractivity contribution in [3.8, 4) is 5.75 Å². The van der Waals surface area contributed by atoms with E-state index in [0.717, 1.165) is 30.8 Å². The van der Waals surface area contributed by atoms with Crippen molar-refractivity contribution in [1.82, 2.24) is 9.80 Å². The Morgan fingerprint density at radius 2 is 2.08 bits per heavy atom. The lowest BCUT2D eigenvalue weighted by Crippen LogP contribution is -2.40. The average molecular weight is 361 g/mol. The third-order valence-electron chi connectivity index (χ3n) is 5.30. The van der Waals surface area contributed by atoms with Crippen LogP contribution in [0.4, 0.5) is 0 Å². The fraction of sp³-hybridized carbons (Fsp3) is 0.682. The second-order valence-electron chi connectivity index (χ2n) is 7.96. The summed E-state index contributed by atoms with van der Waals surface area (Å²) in [5.74, 6) is 1.49. The summed E-state index contributed by atoms with van der Waals surface area (Å²) in [7, 11) is 1.69. The molecule has 1 saturated heterocycles. The van der Waals surface area contributed by atoms with Crippen LogP contribution in [0.3, 0.4) is 0 Å². The van der Waals surface area contributed by atoms with Crippen LogP contribution in [0.15, 0.2) is 24.3 Å². The van der Waals surface area contributed by atoms with Crippen molar-refractivity contribution in [2.45, 2.75) is 65.5 Å². The van der Waals surface area contributed by atoms with E-state index < -0.39 is 0 Å². The van der Waals surface area contributed by atoms with E-state index in [1.54, 1.807) is 7.11 Å². The molecule has 1 amide bonds. The van der Waals surface area contributed by atoms with Crippen molar-refractivity contribution in [2.75, 3.05) is 26.7 Å². The minimum Gasteiger partial charge on any atom is -0.496 e. The number of benzene rings is 1. The predicted octanol–water partition coefficient (Wildman–Crippen LogP) is 4.33. The van der Waals surface area contributed by atoms with Gasteiger partial charge in [-0.3, -0.25) is 4.79 Å². The summed E-state index contributed by atoms with van der Waals surface area (Å²) >= 11 is 0. The van der Waals surface area contributed by atoms with Crippen molar-refractivity contribution >= 4 is 5.91 Å². The van der Waals surface area contributed by atoms with E-state index in [-0.39, 0.29) is 5.91 Å². The maximum Gasteiger partial charge on any atom is 0.223 e. The molecule has 0 radical (unpaired) electrons. The number of amides is 1. The summed E-state index contributed by atoms with van der Waals surface area (Å²) in [5, 5.41) is 0. The summed E-state index contributed by atoms with van der Waals surface area (Å²) < 4.78 is 5.47. The molecule has 0 aromatic heterocycles. The second-order valence-corrected chi connectivity index (χ2v) is 7.96.